The summed E-state index contributed by atoms with van der Waals surface area (Å²) in [7, 11) is 0. The molecule has 0 radical (unpaired) electrons. The molecule has 2 fully saturated rings. The summed E-state index contributed by atoms with van der Waals surface area (Å²) in [5.74, 6) is 0.319. The van der Waals surface area contributed by atoms with E-state index in [2.05, 4.69) is 12.1 Å². The van der Waals surface area contributed by atoms with Crippen molar-refractivity contribution in [3.05, 3.63) is 35.9 Å². The van der Waals surface area contributed by atoms with Crippen molar-refractivity contribution >= 4 is 5.91 Å². The first-order chi connectivity index (χ1) is 10.8. The van der Waals surface area contributed by atoms with E-state index in [1.165, 1.54) is 5.56 Å². The summed E-state index contributed by atoms with van der Waals surface area (Å²) in [6.45, 7) is 3.06. The average Bonchev–Trinajstić information content (AvgIpc) is 3.38. The minimum atomic E-state index is -0.228. The van der Waals surface area contributed by atoms with Gasteiger partial charge in [0.25, 0.3) is 0 Å². The van der Waals surface area contributed by atoms with Crippen LogP contribution in [-0.4, -0.2) is 43.2 Å². The van der Waals surface area contributed by atoms with Gasteiger partial charge in [-0.3, -0.25) is 4.79 Å². The predicted molar refractivity (Wildman–Crippen MR) is 86.6 cm³/mol. The zero-order chi connectivity index (χ0) is 15.4. The van der Waals surface area contributed by atoms with Crippen molar-refractivity contribution < 1.29 is 9.53 Å². The van der Waals surface area contributed by atoms with Gasteiger partial charge in [0.05, 0.1) is 11.5 Å². The molecule has 4 heteroatoms. The maximum absolute atomic E-state index is 12.9. The summed E-state index contributed by atoms with van der Waals surface area (Å²) in [6, 6.07) is 10.2. The van der Waals surface area contributed by atoms with Crippen LogP contribution in [0.25, 0.3) is 0 Å². The molecule has 0 spiro atoms. The van der Waals surface area contributed by atoms with Crippen molar-refractivity contribution in [3.8, 4) is 0 Å². The minimum absolute atomic E-state index is 0.228. The highest BCUT2D eigenvalue weighted by atomic mass is 16.5. The summed E-state index contributed by atoms with van der Waals surface area (Å²) in [5.41, 5.74) is 6.44. The molecule has 1 amide bonds. The Morgan fingerprint density at radius 1 is 1.23 bits per heavy atom. The van der Waals surface area contributed by atoms with Gasteiger partial charge in [0.1, 0.15) is 0 Å². The Kier molecular flexibility index (Phi) is 4.79. The maximum Gasteiger partial charge on any atom is 0.233 e. The van der Waals surface area contributed by atoms with Crippen LogP contribution in [-0.2, 0) is 14.9 Å². The van der Waals surface area contributed by atoms with Crippen LogP contribution in [0.2, 0.25) is 0 Å². The Bertz CT molecular complexity index is 491. The fraction of sp³-hybridized carbons (Fsp3) is 0.611. The van der Waals surface area contributed by atoms with Gasteiger partial charge in [-0.2, -0.15) is 0 Å². The lowest BCUT2D eigenvalue weighted by atomic mass is 9.93. The van der Waals surface area contributed by atoms with Gasteiger partial charge in [-0.05, 0) is 44.2 Å². The Balaban J connectivity index is 1.54. The number of ether oxygens (including phenoxy) is 1. The van der Waals surface area contributed by atoms with E-state index < -0.39 is 0 Å². The average molecular weight is 302 g/mol. The summed E-state index contributed by atoms with van der Waals surface area (Å²) in [5, 5.41) is 0. The Hall–Kier alpha value is -1.39. The highest BCUT2D eigenvalue weighted by Gasteiger charge is 2.53. The van der Waals surface area contributed by atoms with Gasteiger partial charge >= 0.3 is 0 Å². The number of hydrogen-bond donors (Lipinski definition) is 1. The van der Waals surface area contributed by atoms with E-state index in [1.807, 2.05) is 23.1 Å². The van der Waals surface area contributed by atoms with E-state index in [1.54, 1.807) is 0 Å². The lowest BCUT2D eigenvalue weighted by molar-refractivity contribution is -0.136. The fourth-order valence-electron chi connectivity index (χ4n) is 3.37. The van der Waals surface area contributed by atoms with E-state index in [0.29, 0.717) is 18.6 Å². The zero-order valence-electron chi connectivity index (χ0n) is 13.2. The zero-order valence-corrected chi connectivity index (χ0v) is 13.2. The molecular formula is C18H26N2O2. The monoisotopic (exact) mass is 302 g/mol. The lowest BCUT2D eigenvalue weighted by Gasteiger charge is -2.34. The Labute approximate surface area is 132 Å². The van der Waals surface area contributed by atoms with Crippen LogP contribution in [0.1, 0.15) is 37.7 Å². The Morgan fingerprint density at radius 3 is 2.50 bits per heavy atom. The Morgan fingerprint density at radius 2 is 1.91 bits per heavy atom. The van der Waals surface area contributed by atoms with Crippen LogP contribution in [0.15, 0.2) is 30.3 Å². The molecule has 1 aromatic carbocycles. The molecule has 2 N–H and O–H groups in total. The largest absolute Gasteiger partial charge is 0.378 e. The first-order valence-corrected chi connectivity index (χ1v) is 8.43. The smallest absolute Gasteiger partial charge is 0.233 e. The van der Waals surface area contributed by atoms with Gasteiger partial charge in [0.15, 0.2) is 0 Å². The van der Waals surface area contributed by atoms with Gasteiger partial charge in [-0.15, -0.1) is 0 Å². The van der Waals surface area contributed by atoms with Crippen molar-refractivity contribution in [2.24, 2.45) is 5.73 Å². The molecule has 2 aliphatic rings. The van der Waals surface area contributed by atoms with Crippen molar-refractivity contribution in [1.29, 1.82) is 0 Å². The minimum Gasteiger partial charge on any atom is -0.378 e. The number of carbonyl (C=O) groups is 1. The quantitative estimate of drug-likeness (QED) is 0.819. The van der Waals surface area contributed by atoms with Crippen molar-refractivity contribution in [1.82, 2.24) is 4.90 Å². The predicted octanol–water partition coefficient (Wildman–Crippen LogP) is 2.07. The SMILES string of the molecule is NCCCOC1CCN(C(=O)C2(c3ccccc3)CC2)CC1. The molecule has 1 saturated carbocycles. The lowest BCUT2D eigenvalue weighted by Crippen LogP contribution is -2.45. The van der Waals surface area contributed by atoms with Crippen LogP contribution in [0, 0.1) is 0 Å². The molecule has 0 aromatic heterocycles. The van der Waals surface area contributed by atoms with E-state index >= 15 is 0 Å². The van der Waals surface area contributed by atoms with E-state index in [4.69, 9.17) is 10.5 Å². The topological polar surface area (TPSA) is 55.6 Å². The maximum atomic E-state index is 12.9. The van der Waals surface area contributed by atoms with Crippen molar-refractivity contribution in [2.75, 3.05) is 26.2 Å². The van der Waals surface area contributed by atoms with Gasteiger partial charge in [-0.1, -0.05) is 30.3 Å². The second kappa shape index (κ2) is 6.80. The van der Waals surface area contributed by atoms with Crippen LogP contribution in [0.4, 0.5) is 0 Å². The number of piperidine rings is 1. The molecule has 1 heterocycles. The van der Waals surface area contributed by atoms with E-state index in [-0.39, 0.29) is 5.41 Å². The molecular weight excluding hydrogens is 276 g/mol. The van der Waals surface area contributed by atoms with Gasteiger partial charge in [-0.25, -0.2) is 0 Å². The highest BCUT2D eigenvalue weighted by Crippen LogP contribution is 2.49. The third-order valence-electron chi connectivity index (χ3n) is 4.92. The summed E-state index contributed by atoms with van der Waals surface area (Å²) < 4.78 is 5.82. The highest BCUT2D eigenvalue weighted by molar-refractivity contribution is 5.91. The first-order valence-electron chi connectivity index (χ1n) is 8.43. The van der Waals surface area contributed by atoms with Crippen LogP contribution >= 0.6 is 0 Å². The summed E-state index contributed by atoms with van der Waals surface area (Å²) in [6.07, 6.45) is 5.08. The first kappa shape index (κ1) is 15.5. The number of carbonyl (C=O) groups excluding carboxylic acids is 1. The van der Waals surface area contributed by atoms with Gasteiger partial charge in [0, 0.05) is 19.7 Å². The summed E-state index contributed by atoms with van der Waals surface area (Å²) in [4.78, 5) is 15.0. The molecule has 1 aromatic rings. The van der Waals surface area contributed by atoms with Crippen LogP contribution < -0.4 is 5.73 Å². The number of hydrogen-bond acceptors (Lipinski definition) is 3. The molecule has 22 heavy (non-hydrogen) atoms. The van der Waals surface area contributed by atoms with E-state index in [0.717, 1.165) is 51.8 Å². The molecule has 0 bridgehead atoms. The number of likely N-dealkylation sites (tertiary alicyclic amines) is 1. The molecule has 4 nitrogen and oxygen atoms in total. The molecule has 1 aliphatic carbocycles. The number of benzene rings is 1. The molecule has 0 unspecified atom stereocenters. The number of nitrogens with zero attached hydrogens (tertiary/aromatic N) is 1. The molecule has 0 atom stereocenters. The van der Waals surface area contributed by atoms with Gasteiger partial charge in [0.2, 0.25) is 5.91 Å². The molecule has 1 aliphatic heterocycles. The number of amides is 1. The van der Waals surface area contributed by atoms with Crippen LogP contribution in [0.5, 0.6) is 0 Å². The summed E-state index contributed by atoms with van der Waals surface area (Å²) >= 11 is 0. The van der Waals surface area contributed by atoms with Crippen LogP contribution in [0.3, 0.4) is 0 Å². The third kappa shape index (κ3) is 3.18. The fourth-order valence-corrected chi connectivity index (χ4v) is 3.37. The second-order valence-electron chi connectivity index (χ2n) is 6.45. The standard InChI is InChI=1S/C18H26N2O2/c19-11-4-14-22-16-7-12-20(13-8-16)17(21)18(9-10-18)15-5-2-1-3-6-15/h1-3,5-6,16H,4,7-14,19H2. The number of nitrogens with two attached hydrogens (primary N) is 1. The number of rotatable bonds is 6. The van der Waals surface area contributed by atoms with Gasteiger partial charge < -0.3 is 15.4 Å². The van der Waals surface area contributed by atoms with Crippen molar-refractivity contribution in [3.63, 3.8) is 0 Å². The third-order valence-corrected chi connectivity index (χ3v) is 4.92. The molecule has 1 saturated heterocycles. The van der Waals surface area contributed by atoms with Crippen molar-refractivity contribution in [2.45, 2.75) is 43.6 Å². The molecule has 3 rings (SSSR count). The normalized spacial score (nSPS) is 20.9. The second-order valence-corrected chi connectivity index (χ2v) is 6.45. The molecule has 120 valence electrons. The van der Waals surface area contributed by atoms with E-state index in [9.17, 15) is 4.79 Å².